The fourth-order valence-electron chi connectivity index (χ4n) is 2.18. The molecule has 1 aliphatic heterocycles. The lowest BCUT2D eigenvalue weighted by Gasteiger charge is -2.20. The van der Waals surface area contributed by atoms with Crippen LogP contribution in [-0.4, -0.2) is 28.9 Å². The second-order valence-electron chi connectivity index (χ2n) is 4.45. The fraction of sp³-hybridized carbons (Fsp3) is 0.538. The summed E-state index contributed by atoms with van der Waals surface area (Å²) in [6.45, 7) is 2.12. The zero-order valence-corrected chi connectivity index (χ0v) is 10.1. The van der Waals surface area contributed by atoms with Crippen LogP contribution in [0.3, 0.4) is 0 Å². The van der Waals surface area contributed by atoms with Crippen molar-refractivity contribution in [3.63, 3.8) is 0 Å². The molecule has 2 rings (SSSR count). The zero-order valence-electron chi connectivity index (χ0n) is 10.1. The average molecular weight is 233 g/mol. The van der Waals surface area contributed by atoms with Crippen LogP contribution in [0.5, 0.6) is 0 Å². The molecule has 1 amide bonds. The topological polar surface area (TPSA) is 59.2 Å². The molecule has 2 N–H and O–H groups in total. The van der Waals surface area contributed by atoms with Crippen LogP contribution in [0.1, 0.15) is 41.7 Å². The number of pyridine rings is 1. The quantitative estimate of drug-likeness (QED) is 0.843. The molecule has 1 aliphatic rings. The molecular formula is C13H19N3O. The molecule has 92 valence electrons. The van der Waals surface area contributed by atoms with E-state index in [0.717, 1.165) is 31.6 Å². The Morgan fingerprint density at radius 1 is 1.29 bits per heavy atom. The summed E-state index contributed by atoms with van der Waals surface area (Å²) in [6, 6.07) is 3.57. The predicted molar refractivity (Wildman–Crippen MR) is 66.5 cm³/mol. The van der Waals surface area contributed by atoms with Crippen molar-refractivity contribution in [1.82, 2.24) is 9.88 Å². The van der Waals surface area contributed by atoms with Gasteiger partial charge in [0.15, 0.2) is 0 Å². The van der Waals surface area contributed by atoms with E-state index >= 15 is 0 Å². The number of likely N-dealkylation sites (tertiary alicyclic amines) is 1. The van der Waals surface area contributed by atoms with Crippen molar-refractivity contribution < 1.29 is 4.79 Å². The molecule has 0 spiro atoms. The smallest absolute Gasteiger partial charge is 0.253 e. The van der Waals surface area contributed by atoms with E-state index in [0.29, 0.717) is 12.1 Å². The van der Waals surface area contributed by atoms with E-state index in [1.54, 1.807) is 18.3 Å². The third-order valence-electron chi connectivity index (χ3n) is 3.17. The van der Waals surface area contributed by atoms with Crippen LogP contribution in [0.15, 0.2) is 18.3 Å². The van der Waals surface area contributed by atoms with Crippen LogP contribution in [0, 0.1) is 0 Å². The highest BCUT2D eigenvalue weighted by atomic mass is 16.2. The van der Waals surface area contributed by atoms with Crippen molar-refractivity contribution in [3.8, 4) is 0 Å². The lowest BCUT2D eigenvalue weighted by atomic mass is 10.2. The Morgan fingerprint density at radius 2 is 2.00 bits per heavy atom. The van der Waals surface area contributed by atoms with Crippen molar-refractivity contribution in [3.05, 3.63) is 29.6 Å². The number of aromatic nitrogens is 1. The number of rotatable bonds is 2. The number of hydrogen-bond donors (Lipinski definition) is 1. The third kappa shape index (κ3) is 3.03. The van der Waals surface area contributed by atoms with Gasteiger partial charge in [-0.05, 0) is 25.0 Å². The third-order valence-corrected chi connectivity index (χ3v) is 3.17. The second-order valence-corrected chi connectivity index (χ2v) is 4.45. The molecule has 4 heteroatoms. The van der Waals surface area contributed by atoms with Gasteiger partial charge in [0.05, 0.1) is 5.69 Å². The van der Waals surface area contributed by atoms with E-state index in [2.05, 4.69) is 4.98 Å². The summed E-state index contributed by atoms with van der Waals surface area (Å²) in [6.07, 6.45) is 6.34. The molecule has 0 aromatic carbocycles. The summed E-state index contributed by atoms with van der Waals surface area (Å²) < 4.78 is 0. The second kappa shape index (κ2) is 5.77. The van der Waals surface area contributed by atoms with E-state index in [9.17, 15) is 4.79 Å². The number of carbonyl (C=O) groups excluding carboxylic acids is 1. The fourth-order valence-corrected chi connectivity index (χ4v) is 2.18. The Morgan fingerprint density at radius 3 is 2.65 bits per heavy atom. The number of nitrogens with two attached hydrogens (primary N) is 1. The van der Waals surface area contributed by atoms with Crippen LogP contribution >= 0.6 is 0 Å². The maximum Gasteiger partial charge on any atom is 0.253 e. The molecule has 0 bridgehead atoms. The van der Waals surface area contributed by atoms with Gasteiger partial charge in [-0.2, -0.15) is 0 Å². The van der Waals surface area contributed by atoms with E-state index in [1.165, 1.54) is 12.8 Å². The van der Waals surface area contributed by atoms with Gasteiger partial charge in [0, 0.05) is 31.4 Å². The van der Waals surface area contributed by atoms with Gasteiger partial charge in [-0.1, -0.05) is 12.8 Å². The maximum absolute atomic E-state index is 12.3. The lowest BCUT2D eigenvalue weighted by Crippen LogP contribution is -2.31. The zero-order chi connectivity index (χ0) is 12.1. The average Bonchev–Trinajstić information content (AvgIpc) is 2.67. The normalized spacial score (nSPS) is 16.6. The van der Waals surface area contributed by atoms with Crippen LogP contribution in [-0.2, 0) is 6.54 Å². The van der Waals surface area contributed by atoms with Gasteiger partial charge < -0.3 is 10.6 Å². The number of hydrogen-bond acceptors (Lipinski definition) is 3. The lowest BCUT2D eigenvalue weighted by molar-refractivity contribution is 0.0761. The van der Waals surface area contributed by atoms with Crippen LogP contribution < -0.4 is 5.73 Å². The predicted octanol–water partition coefficient (Wildman–Crippen LogP) is 1.56. The number of amides is 1. The monoisotopic (exact) mass is 233 g/mol. The Labute approximate surface area is 102 Å². The summed E-state index contributed by atoms with van der Waals surface area (Å²) in [5, 5.41) is 0. The first-order chi connectivity index (χ1) is 8.31. The number of nitrogens with zero attached hydrogens (tertiary/aromatic N) is 2. The molecule has 2 heterocycles. The maximum atomic E-state index is 12.3. The molecule has 1 fully saturated rings. The van der Waals surface area contributed by atoms with E-state index in [-0.39, 0.29) is 5.91 Å². The standard InChI is InChI=1S/C13H19N3O/c14-10-12-9-11(5-6-15-12)13(17)16-7-3-1-2-4-8-16/h5-6,9H,1-4,7-8,10,14H2. The Kier molecular flexibility index (Phi) is 4.09. The molecular weight excluding hydrogens is 214 g/mol. The van der Waals surface area contributed by atoms with Gasteiger partial charge in [-0.15, -0.1) is 0 Å². The molecule has 4 nitrogen and oxygen atoms in total. The van der Waals surface area contributed by atoms with Crippen molar-refractivity contribution in [2.45, 2.75) is 32.2 Å². The SMILES string of the molecule is NCc1cc(C(=O)N2CCCCCC2)ccn1. The Balaban J connectivity index is 2.11. The van der Waals surface area contributed by atoms with Gasteiger partial charge >= 0.3 is 0 Å². The molecule has 0 unspecified atom stereocenters. The van der Waals surface area contributed by atoms with Crippen molar-refractivity contribution in [2.24, 2.45) is 5.73 Å². The molecule has 0 atom stereocenters. The van der Waals surface area contributed by atoms with Crippen LogP contribution in [0.25, 0.3) is 0 Å². The molecule has 17 heavy (non-hydrogen) atoms. The number of carbonyl (C=O) groups is 1. The minimum atomic E-state index is 0.115. The van der Waals surface area contributed by atoms with Crippen LogP contribution in [0.2, 0.25) is 0 Å². The first-order valence-corrected chi connectivity index (χ1v) is 6.25. The summed E-state index contributed by atoms with van der Waals surface area (Å²) in [7, 11) is 0. The molecule has 1 aromatic heterocycles. The van der Waals surface area contributed by atoms with E-state index < -0.39 is 0 Å². The van der Waals surface area contributed by atoms with Gasteiger partial charge in [0.25, 0.3) is 5.91 Å². The highest BCUT2D eigenvalue weighted by Crippen LogP contribution is 2.13. The van der Waals surface area contributed by atoms with Gasteiger partial charge in [0.2, 0.25) is 0 Å². The highest BCUT2D eigenvalue weighted by molar-refractivity contribution is 5.94. The van der Waals surface area contributed by atoms with Crippen molar-refractivity contribution in [2.75, 3.05) is 13.1 Å². The first kappa shape index (κ1) is 12.0. The first-order valence-electron chi connectivity index (χ1n) is 6.25. The van der Waals surface area contributed by atoms with Gasteiger partial charge in [-0.25, -0.2) is 0 Å². The molecule has 0 radical (unpaired) electrons. The van der Waals surface area contributed by atoms with Gasteiger partial charge in [-0.3, -0.25) is 9.78 Å². The van der Waals surface area contributed by atoms with Crippen molar-refractivity contribution in [1.29, 1.82) is 0 Å². The molecule has 1 aromatic rings. The summed E-state index contributed by atoms with van der Waals surface area (Å²) >= 11 is 0. The van der Waals surface area contributed by atoms with Gasteiger partial charge in [0.1, 0.15) is 0 Å². The Hall–Kier alpha value is -1.42. The molecule has 1 saturated heterocycles. The summed E-state index contributed by atoms with van der Waals surface area (Å²) in [5.41, 5.74) is 7.01. The summed E-state index contributed by atoms with van der Waals surface area (Å²) in [4.78, 5) is 18.3. The summed E-state index contributed by atoms with van der Waals surface area (Å²) in [5.74, 6) is 0.115. The Bertz CT molecular complexity index is 384. The molecule has 0 aliphatic carbocycles. The highest BCUT2D eigenvalue weighted by Gasteiger charge is 2.17. The van der Waals surface area contributed by atoms with Crippen molar-refractivity contribution >= 4 is 5.91 Å². The van der Waals surface area contributed by atoms with E-state index in [4.69, 9.17) is 5.73 Å². The van der Waals surface area contributed by atoms with Crippen LogP contribution in [0.4, 0.5) is 0 Å². The minimum absolute atomic E-state index is 0.115. The van der Waals surface area contributed by atoms with E-state index in [1.807, 2.05) is 4.90 Å². The minimum Gasteiger partial charge on any atom is -0.339 e. The molecule has 0 saturated carbocycles. The largest absolute Gasteiger partial charge is 0.339 e.